The second-order valence-electron chi connectivity index (χ2n) is 5.89. The topological polar surface area (TPSA) is 72.8 Å². The number of esters is 1. The lowest BCUT2D eigenvalue weighted by Crippen LogP contribution is -2.64. The van der Waals surface area contributed by atoms with Crippen molar-refractivity contribution in [3.05, 3.63) is 71.8 Å². The second-order valence-corrected chi connectivity index (χ2v) is 7.85. The van der Waals surface area contributed by atoms with Crippen molar-refractivity contribution >= 4 is 43.6 Å². The number of alkyl halides is 2. The molecule has 0 aromatic heterocycles. The minimum atomic E-state index is -1.85. The molecule has 1 fully saturated rings. The molecule has 0 bridgehead atoms. The summed E-state index contributed by atoms with van der Waals surface area (Å²) in [4.78, 5) is 25.2. The van der Waals surface area contributed by atoms with Gasteiger partial charge in [0, 0.05) is 5.56 Å². The van der Waals surface area contributed by atoms with Crippen molar-refractivity contribution in [1.29, 1.82) is 0 Å². The first-order chi connectivity index (χ1) is 12.5. The van der Waals surface area contributed by atoms with Crippen LogP contribution in [-0.4, -0.2) is 45.0 Å². The molecule has 1 aliphatic heterocycles. The minimum absolute atomic E-state index is 0.265. The molecule has 0 saturated carbocycles. The number of hydrogen-bond donors (Lipinski definition) is 1. The molecular formula is C19H16Br2O5. The summed E-state index contributed by atoms with van der Waals surface area (Å²) in [5, 5.41) is 10.3. The summed E-state index contributed by atoms with van der Waals surface area (Å²) in [5.74, 6) is -1.22. The van der Waals surface area contributed by atoms with E-state index in [0.717, 1.165) is 0 Å². The van der Waals surface area contributed by atoms with Gasteiger partial charge in [0.05, 0.1) is 17.0 Å². The molecule has 0 radical (unpaired) electrons. The number of aliphatic hydroxyl groups excluding tert-OH is 1. The van der Waals surface area contributed by atoms with Gasteiger partial charge in [0.1, 0.15) is 11.1 Å². The normalized spacial score (nSPS) is 28.3. The summed E-state index contributed by atoms with van der Waals surface area (Å²) < 4.78 is 11.2. The van der Waals surface area contributed by atoms with Crippen LogP contribution in [0.15, 0.2) is 60.7 Å². The molecule has 0 aliphatic carbocycles. The molecule has 3 rings (SSSR count). The van der Waals surface area contributed by atoms with Crippen molar-refractivity contribution in [2.45, 2.75) is 21.5 Å². The lowest BCUT2D eigenvalue weighted by atomic mass is 9.84. The molecule has 4 atom stereocenters. The third kappa shape index (κ3) is 3.62. The van der Waals surface area contributed by atoms with E-state index in [1.54, 1.807) is 60.7 Å². The predicted octanol–water partition coefficient (Wildman–Crippen LogP) is 3.34. The van der Waals surface area contributed by atoms with Crippen molar-refractivity contribution in [3.63, 3.8) is 0 Å². The maximum atomic E-state index is 13.2. The molecule has 1 aliphatic rings. The summed E-state index contributed by atoms with van der Waals surface area (Å²) in [5.41, 5.74) is -1.25. The van der Waals surface area contributed by atoms with E-state index < -0.39 is 33.3 Å². The summed E-state index contributed by atoms with van der Waals surface area (Å²) in [6, 6.07) is 16.7. The van der Waals surface area contributed by atoms with Crippen molar-refractivity contribution in [2.75, 3.05) is 6.61 Å². The standard InChI is InChI=1S/C19H16Br2O5/c20-14-16(23)19(11-25-17(14)21,15(22)12-7-3-1-4-8-12)26-18(24)13-9-5-2-6-10-13/h1-10,14,16-17,23H,11H2/t14-,16-,17+,19+/m1/s1. The lowest BCUT2D eigenvalue weighted by Gasteiger charge is -2.43. The van der Waals surface area contributed by atoms with Gasteiger partial charge < -0.3 is 14.6 Å². The van der Waals surface area contributed by atoms with Gasteiger partial charge in [-0.15, -0.1) is 0 Å². The molecule has 26 heavy (non-hydrogen) atoms. The van der Waals surface area contributed by atoms with Crippen LogP contribution in [0, 0.1) is 0 Å². The van der Waals surface area contributed by atoms with E-state index in [-0.39, 0.29) is 12.2 Å². The van der Waals surface area contributed by atoms with E-state index in [9.17, 15) is 14.7 Å². The lowest BCUT2D eigenvalue weighted by molar-refractivity contribution is -0.139. The van der Waals surface area contributed by atoms with Gasteiger partial charge in [0.15, 0.2) is 0 Å². The summed E-state index contributed by atoms with van der Waals surface area (Å²) in [6.45, 7) is -0.265. The Morgan fingerprint density at radius 3 is 2.12 bits per heavy atom. The number of halogens is 2. The SMILES string of the molecule is O=C(O[C@]1(C(=O)c2ccccc2)CO[C@H](Br)[C@H](Br)[C@H]1O)c1ccccc1. The fourth-order valence-electron chi connectivity index (χ4n) is 2.75. The van der Waals surface area contributed by atoms with E-state index in [1.165, 1.54) is 0 Å². The molecule has 5 nitrogen and oxygen atoms in total. The third-order valence-electron chi connectivity index (χ3n) is 4.19. The number of carbonyl (C=O) groups is 2. The number of hydrogen-bond acceptors (Lipinski definition) is 5. The molecule has 2 aromatic rings. The fourth-order valence-corrected chi connectivity index (χ4v) is 3.75. The van der Waals surface area contributed by atoms with Gasteiger partial charge in [-0.3, -0.25) is 4.79 Å². The summed E-state index contributed by atoms with van der Waals surface area (Å²) in [6.07, 6.45) is -1.30. The van der Waals surface area contributed by atoms with Gasteiger partial charge in [-0.1, -0.05) is 80.4 Å². The molecule has 1 heterocycles. The zero-order chi connectivity index (χ0) is 18.7. The van der Waals surface area contributed by atoms with E-state index in [1.807, 2.05) is 0 Å². The maximum absolute atomic E-state index is 13.2. The molecule has 0 spiro atoms. The fraction of sp³-hybridized carbons (Fsp3) is 0.263. The zero-order valence-electron chi connectivity index (χ0n) is 13.5. The number of Topliss-reactive ketones (excluding diaryl/α,β-unsaturated/α-hetero) is 1. The number of rotatable bonds is 4. The number of ketones is 1. The highest BCUT2D eigenvalue weighted by atomic mass is 79.9. The summed E-state index contributed by atoms with van der Waals surface area (Å²) >= 11 is 6.60. The Balaban J connectivity index is 1.99. The first kappa shape index (κ1) is 19.2. The van der Waals surface area contributed by atoms with Crippen LogP contribution >= 0.6 is 31.9 Å². The predicted molar refractivity (Wildman–Crippen MR) is 103 cm³/mol. The van der Waals surface area contributed by atoms with Crippen LogP contribution in [0.4, 0.5) is 0 Å². The van der Waals surface area contributed by atoms with Crippen LogP contribution in [0.2, 0.25) is 0 Å². The highest BCUT2D eigenvalue weighted by Crippen LogP contribution is 2.37. The zero-order valence-corrected chi connectivity index (χ0v) is 16.7. The van der Waals surface area contributed by atoms with Gasteiger partial charge in [-0.2, -0.15) is 0 Å². The Kier molecular flexibility index (Phi) is 5.92. The van der Waals surface area contributed by atoms with E-state index in [2.05, 4.69) is 31.9 Å². The van der Waals surface area contributed by atoms with Crippen LogP contribution in [0.5, 0.6) is 0 Å². The van der Waals surface area contributed by atoms with Gasteiger partial charge >= 0.3 is 5.97 Å². The Morgan fingerprint density at radius 2 is 1.54 bits per heavy atom. The van der Waals surface area contributed by atoms with Gasteiger partial charge in [-0.05, 0) is 12.1 Å². The average molecular weight is 484 g/mol. The smallest absolute Gasteiger partial charge is 0.339 e. The van der Waals surface area contributed by atoms with Crippen molar-refractivity contribution in [3.8, 4) is 0 Å². The first-order valence-electron chi connectivity index (χ1n) is 7.92. The molecule has 2 aromatic carbocycles. The first-order valence-corrected chi connectivity index (χ1v) is 9.75. The van der Waals surface area contributed by atoms with E-state index in [0.29, 0.717) is 5.56 Å². The Hall–Kier alpha value is -1.54. The maximum Gasteiger partial charge on any atom is 0.339 e. The Morgan fingerprint density at radius 1 is 1.00 bits per heavy atom. The van der Waals surface area contributed by atoms with Gasteiger partial charge in [0.2, 0.25) is 11.4 Å². The van der Waals surface area contributed by atoms with Crippen LogP contribution in [0.25, 0.3) is 0 Å². The third-order valence-corrected chi connectivity index (χ3v) is 6.72. The highest BCUT2D eigenvalue weighted by molar-refractivity contribution is 9.12. The van der Waals surface area contributed by atoms with Crippen LogP contribution < -0.4 is 0 Å². The van der Waals surface area contributed by atoms with Crippen LogP contribution in [0.1, 0.15) is 20.7 Å². The minimum Gasteiger partial charge on any atom is -0.442 e. The molecule has 0 amide bonds. The Labute approximate surface area is 167 Å². The van der Waals surface area contributed by atoms with Gasteiger partial charge in [0.25, 0.3) is 0 Å². The summed E-state index contributed by atoms with van der Waals surface area (Å²) in [7, 11) is 0. The van der Waals surface area contributed by atoms with Gasteiger partial charge in [-0.25, -0.2) is 4.79 Å². The molecule has 136 valence electrons. The number of benzene rings is 2. The van der Waals surface area contributed by atoms with E-state index in [4.69, 9.17) is 9.47 Å². The van der Waals surface area contributed by atoms with Crippen molar-refractivity contribution in [1.82, 2.24) is 0 Å². The van der Waals surface area contributed by atoms with Crippen molar-refractivity contribution < 1.29 is 24.2 Å². The second kappa shape index (κ2) is 8.00. The molecule has 7 heteroatoms. The average Bonchev–Trinajstić information content (AvgIpc) is 2.69. The molecule has 0 unspecified atom stereocenters. The van der Waals surface area contributed by atoms with Crippen LogP contribution in [-0.2, 0) is 9.47 Å². The largest absolute Gasteiger partial charge is 0.442 e. The van der Waals surface area contributed by atoms with Crippen molar-refractivity contribution in [2.24, 2.45) is 0 Å². The molecule has 1 saturated heterocycles. The Bertz CT molecular complexity index is 783. The molecular weight excluding hydrogens is 468 g/mol. The van der Waals surface area contributed by atoms with Crippen LogP contribution in [0.3, 0.4) is 0 Å². The number of carbonyl (C=O) groups excluding carboxylic acids is 2. The highest BCUT2D eigenvalue weighted by Gasteiger charge is 2.56. The number of aliphatic hydroxyl groups is 1. The van der Waals surface area contributed by atoms with E-state index >= 15 is 0 Å². The number of ether oxygens (including phenoxy) is 2. The molecule has 1 N–H and O–H groups in total. The quantitative estimate of drug-likeness (QED) is 0.410. The monoisotopic (exact) mass is 482 g/mol.